The van der Waals surface area contributed by atoms with Crippen molar-refractivity contribution in [3.05, 3.63) is 0 Å². The standard InChI is InChI=1S/C16H28N2O4/c1-10-5-13(6-10)18-8-11(14(19)20)7-12(9-18)17-15(21)22-16(2,3)4/h10-13H,5-9H2,1-4H3,(H,17,21)(H,19,20). The van der Waals surface area contributed by atoms with Crippen LogP contribution in [0.4, 0.5) is 4.79 Å². The molecule has 1 saturated carbocycles. The molecule has 1 amide bonds. The fraction of sp³-hybridized carbons (Fsp3) is 0.875. The number of hydrogen-bond donors (Lipinski definition) is 2. The zero-order valence-electron chi connectivity index (χ0n) is 14.0. The molecule has 0 aromatic heterocycles. The summed E-state index contributed by atoms with van der Waals surface area (Å²) in [5.74, 6) is -0.495. The van der Waals surface area contributed by atoms with Crippen molar-refractivity contribution in [3.63, 3.8) is 0 Å². The first kappa shape index (κ1) is 17.1. The van der Waals surface area contributed by atoms with Gasteiger partial charge in [-0.2, -0.15) is 0 Å². The van der Waals surface area contributed by atoms with Gasteiger partial charge in [0.2, 0.25) is 0 Å². The van der Waals surface area contributed by atoms with Crippen LogP contribution in [-0.4, -0.2) is 52.8 Å². The summed E-state index contributed by atoms with van der Waals surface area (Å²) in [5.41, 5.74) is -0.548. The number of nitrogens with one attached hydrogen (secondary N) is 1. The number of carbonyl (C=O) groups excluding carboxylic acids is 1. The van der Waals surface area contributed by atoms with Crippen LogP contribution >= 0.6 is 0 Å². The van der Waals surface area contributed by atoms with Crippen molar-refractivity contribution in [1.82, 2.24) is 10.2 Å². The summed E-state index contributed by atoms with van der Waals surface area (Å²) in [5, 5.41) is 12.2. The first-order chi connectivity index (χ1) is 10.1. The van der Waals surface area contributed by atoms with Crippen LogP contribution in [0.1, 0.15) is 47.0 Å². The monoisotopic (exact) mass is 312 g/mol. The van der Waals surface area contributed by atoms with E-state index in [1.165, 1.54) is 0 Å². The predicted molar refractivity (Wildman–Crippen MR) is 82.7 cm³/mol. The molecule has 2 aliphatic rings. The zero-order chi connectivity index (χ0) is 16.5. The van der Waals surface area contributed by atoms with Gasteiger partial charge in [-0.05, 0) is 46.0 Å². The van der Waals surface area contributed by atoms with E-state index in [1.807, 2.05) is 20.8 Å². The number of nitrogens with zero attached hydrogens (tertiary/aromatic N) is 1. The molecule has 1 saturated heterocycles. The predicted octanol–water partition coefficient (Wildman–Crippen LogP) is 2.08. The molecule has 0 radical (unpaired) electrons. The topological polar surface area (TPSA) is 78.9 Å². The molecule has 6 heteroatoms. The van der Waals surface area contributed by atoms with E-state index < -0.39 is 23.6 Å². The molecule has 1 aliphatic heterocycles. The second kappa shape index (κ2) is 6.44. The van der Waals surface area contributed by atoms with Crippen LogP contribution in [0.5, 0.6) is 0 Å². The highest BCUT2D eigenvalue weighted by molar-refractivity contribution is 5.71. The summed E-state index contributed by atoms with van der Waals surface area (Å²) in [7, 11) is 0. The van der Waals surface area contributed by atoms with Crippen molar-refractivity contribution in [2.45, 2.75) is 64.6 Å². The van der Waals surface area contributed by atoms with E-state index in [9.17, 15) is 14.7 Å². The lowest BCUT2D eigenvalue weighted by atomic mass is 9.79. The Morgan fingerprint density at radius 1 is 1.18 bits per heavy atom. The molecule has 22 heavy (non-hydrogen) atoms. The summed E-state index contributed by atoms with van der Waals surface area (Å²) in [4.78, 5) is 25.5. The summed E-state index contributed by atoms with van der Waals surface area (Å²) in [6, 6.07) is 0.292. The van der Waals surface area contributed by atoms with Crippen molar-refractivity contribution in [2.24, 2.45) is 11.8 Å². The molecule has 2 rings (SSSR count). The minimum absolute atomic E-state index is 0.166. The van der Waals surface area contributed by atoms with Crippen LogP contribution in [0.2, 0.25) is 0 Å². The van der Waals surface area contributed by atoms with Crippen LogP contribution in [0.15, 0.2) is 0 Å². The maximum absolute atomic E-state index is 11.9. The van der Waals surface area contributed by atoms with E-state index in [4.69, 9.17) is 4.74 Å². The smallest absolute Gasteiger partial charge is 0.407 e. The molecule has 6 nitrogen and oxygen atoms in total. The highest BCUT2D eigenvalue weighted by Crippen LogP contribution is 2.33. The van der Waals surface area contributed by atoms with Gasteiger partial charge in [-0.3, -0.25) is 9.69 Å². The average molecular weight is 312 g/mol. The third-order valence-corrected chi connectivity index (χ3v) is 4.41. The van der Waals surface area contributed by atoms with Crippen LogP contribution in [0.25, 0.3) is 0 Å². The Bertz CT molecular complexity index is 426. The maximum atomic E-state index is 11.9. The number of carboxylic acid groups (broad SMARTS) is 1. The van der Waals surface area contributed by atoms with Crippen LogP contribution in [0.3, 0.4) is 0 Å². The fourth-order valence-corrected chi connectivity index (χ4v) is 3.35. The van der Waals surface area contributed by atoms with Crippen molar-refractivity contribution in [3.8, 4) is 0 Å². The molecule has 126 valence electrons. The molecule has 0 aromatic carbocycles. The van der Waals surface area contributed by atoms with Crippen LogP contribution in [0, 0.1) is 11.8 Å². The SMILES string of the molecule is CC1CC(N2CC(NC(=O)OC(C)(C)C)CC(C(=O)O)C2)C1. The van der Waals surface area contributed by atoms with Crippen molar-refractivity contribution in [2.75, 3.05) is 13.1 Å². The molecule has 0 spiro atoms. The van der Waals surface area contributed by atoms with Crippen molar-refractivity contribution in [1.29, 1.82) is 0 Å². The van der Waals surface area contributed by atoms with E-state index in [-0.39, 0.29) is 6.04 Å². The summed E-state index contributed by atoms with van der Waals surface area (Å²) in [6.45, 7) is 8.95. The maximum Gasteiger partial charge on any atom is 0.407 e. The first-order valence-corrected chi connectivity index (χ1v) is 8.10. The Kier molecular flexibility index (Phi) is 5.00. The number of amides is 1. The molecule has 0 bridgehead atoms. The Balaban J connectivity index is 1.94. The third kappa shape index (κ3) is 4.60. The van der Waals surface area contributed by atoms with Gasteiger partial charge in [-0.25, -0.2) is 4.79 Å². The molecular formula is C16H28N2O4. The minimum Gasteiger partial charge on any atom is -0.481 e. The summed E-state index contributed by atoms with van der Waals surface area (Å²) in [6.07, 6.45) is 2.23. The number of carbonyl (C=O) groups is 2. The van der Waals surface area contributed by atoms with E-state index >= 15 is 0 Å². The molecule has 2 unspecified atom stereocenters. The normalized spacial score (nSPS) is 32.9. The van der Waals surface area contributed by atoms with E-state index in [2.05, 4.69) is 17.1 Å². The van der Waals surface area contributed by atoms with Gasteiger partial charge in [-0.1, -0.05) is 6.92 Å². The highest BCUT2D eigenvalue weighted by Gasteiger charge is 2.39. The van der Waals surface area contributed by atoms with Gasteiger partial charge >= 0.3 is 12.1 Å². The van der Waals surface area contributed by atoms with Gasteiger partial charge in [-0.15, -0.1) is 0 Å². The lowest BCUT2D eigenvalue weighted by Crippen LogP contribution is -2.57. The summed E-state index contributed by atoms with van der Waals surface area (Å²) < 4.78 is 5.27. The second-order valence-electron chi connectivity index (χ2n) is 7.80. The van der Waals surface area contributed by atoms with Gasteiger partial charge in [0.1, 0.15) is 5.60 Å². The third-order valence-electron chi connectivity index (χ3n) is 4.41. The van der Waals surface area contributed by atoms with Gasteiger partial charge < -0.3 is 15.2 Å². The van der Waals surface area contributed by atoms with Gasteiger partial charge in [0.15, 0.2) is 0 Å². The molecular weight excluding hydrogens is 284 g/mol. The van der Waals surface area contributed by atoms with Gasteiger partial charge in [0, 0.05) is 25.2 Å². The molecule has 2 fully saturated rings. The van der Waals surface area contributed by atoms with E-state index in [0.29, 0.717) is 31.5 Å². The van der Waals surface area contributed by atoms with Gasteiger partial charge in [0.25, 0.3) is 0 Å². The van der Waals surface area contributed by atoms with E-state index in [0.717, 1.165) is 12.8 Å². The number of hydrogen-bond acceptors (Lipinski definition) is 4. The molecule has 1 heterocycles. The quantitative estimate of drug-likeness (QED) is 0.834. The largest absolute Gasteiger partial charge is 0.481 e. The van der Waals surface area contributed by atoms with Crippen molar-refractivity contribution < 1.29 is 19.4 Å². The number of piperidine rings is 1. The molecule has 1 aliphatic carbocycles. The number of aliphatic carboxylic acids is 1. The van der Waals surface area contributed by atoms with Crippen LogP contribution < -0.4 is 5.32 Å². The van der Waals surface area contributed by atoms with Gasteiger partial charge in [0.05, 0.1) is 5.92 Å². The first-order valence-electron chi connectivity index (χ1n) is 8.10. The highest BCUT2D eigenvalue weighted by atomic mass is 16.6. The lowest BCUT2D eigenvalue weighted by molar-refractivity contribution is -0.145. The average Bonchev–Trinajstić information content (AvgIpc) is 2.32. The number of ether oxygens (including phenoxy) is 1. The number of carboxylic acids is 1. The molecule has 2 atom stereocenters. The van der Waals surface area contributed by atoms with Crippen molar-refractivity contribution >= 4 is 12.1 Å². The number of likely N-dealkylation sites (tertiary alicyclic amines) is 1. The zero-order valence-corrected chi connectivity index (χ0v) is 14.0. The second-order valence-corrected chi connectivity index (χ2v) is 7.80. The molecule has 0 aromatic rings. The fourth-order valence-electron chi connectivity index (χ4n) is 3.35. The van der Waals surface area contributed by atoms with Crippen LogP contribution in [-0.2, 0) is 9.53 Å². The number of rotatable bonds is 3. The Morgan fingerprint density at radius 3 is 2.32 bits per heavy atom. The van der Waals surface area contributed by atoms with E-state index in [1.54, 1.807) is 0 Å². The Morgan fingerprint density at radius 2 is 1.82 bits per heavy atom. The Hall–Kier alpha value is -1.30. The number of alkyl carbamates (subject to hydrolysis) is 1. The Labute approximate surface area is 132 Å². The molecule has 2 N–H and O–H groups in total. The minimum atomic E-state index is -0.784. The lowest BCUT2D eigenvalue weighted by Gasteiger charge is -2.46. The summed E-state index contributed by atoms with van der Waals surface area (Å²) >= 11 is 0.